The van der Waals surface area contributed by atoms with Crippen molar-refractivity contribution in [1.29, 1.82) is 0 Å². The highest BCUT2D eigenvalue weighted by Crippen LogP contribution is 2.15. The molecule has 0 aliphatic heterocycles. The van der Waals surface area contributed by atoms with Crippen molar-refractivity contribution in [2.24, 2.45) is 0 Å². The Hall–Kier alpha value is -1.81. The topological polar surface area (TPSA) is 39.1 Å². The van der Waals surface area contributed by atoms with Crippen LogP contribution in [0.15, 0.2) is 30.5 Å². The Balaban J connectivity index is 2.17. The van der Waals surface area contributed by atoms with Gasteiger partial charge in [0.05, 0.1) is 19.9 Å². The monoisotopic (exact) mass is 245 g/mol. The van der Waals surface area contributed by atoms with Gasteiger partial charge in [0.1, 0.15) is 5.75 Å². The SMILES string of the molecule is CNCc1cnn(Cc2cccc(OC)c2)c1C. The van der Waals surface area contributed by atoms with E-state index >= 15 is 0 Å². The third kappa shape index (κ3) is 2.71. The Labute approximate surface area is 108 Å². The summed E-state index contributed by atoms with van der Waals surface area (Å²) in [5.74, 6) is 0.882. The van der Waals surface area contributed by atoms with E-state index in [1.165, 1.54) is 16.8 Å². The first-order valence-corrected chi connectivity index (χ1v) is 6.03. The summed E-state index contributed by atoms with van der Waals surface area (Å²) in [5, 5.41) is 7.57. The van der Waals surface area contributed by atoms with E-state index in [1.807, 2.05) is 36.1 Å². The smallest absolute Gasteiger partial charge is 0.119 e. The van der Waals surface area contributed by atoms with E-state index in [4.69, 9.17) is 4.74 Å². The summed E-state index contributed by atoms with van der Waals surface area (Å²) < 4.78 is 7.24. The van der Waals surface area contributed by atoms with Crippen molar-refractivity contribution in [1.82, 2.24) is 15.1 Å². The molecule has 4 nitrogen and oxygen atoms in total. The van der Waals surface area contributed by atoms with Gasteiger partial charge in [-0.15, -0.1) is 0 Å². The molecule has 2 rings (SSSR count). The summed E-state index contributed by atoms with van der Waals surface area (Å²) in [6, 6.07) is 8.08. The quantitative estimate of drug-likeness (QED) is 0.875. The average Bonchev–Trinajstić information content (AvgIpc) is 2.72. The molecule has 0 amide bonds. The van der Waals surface area contributed by atoms with Crippen molar-refractivity contribution in [3.8, 4) is 5.75 Å². The van der Waals surface area contributed by atoms with Crippen molar-refractivity contribution in [3.05, 3.63) is 47.3 Å². The predicted octanol–water partition coefficient (Wildman–Crippen LogP) is 1.97. The van der Waals surface area contributed by atoms with E-state index in [0.717, 1.165) is 18.8 Å². The molecular formula is C14H19N3O. The van der Waals surface area contributed by atoms with E-state index in [9.17, 15) is 0 Å². The number of hydrogen-bond acceptors (Lipinski definition) is 3. The molecule has 0 aliphatic rings. The van der Waals surface area contributed by atoms with Crippen LogP contribution in [0.1, 0.15) is 16.8 Å². The molecule has 4 heteroatoms. The number of benzene rings is 1. The summed E-state index contributed by atoms with van der Waals surface area (Å²) in [6.07, 6.45) is 1.92. The maximum absolute atomic E-state index is 5.23. The molecule has 1 heterocycles. The molecule has 0 radical (unpaired) electrons. The van der Waals surface area contributed by atoms with Crippen molar-refractivity contribution in [2.75, 3.05) is 14.2 Å². The van der Waals surface area contributed by atoms with Crippen LogP contribution in [0.4, 0.5) is 0 Å². The Morgan fingerprint density at radius 1 is 1.39 bits per heavy atom. The second-order valence-corrected chi connectivity index (χ2v) is 4.29. The molecule has 0 unspecified atom stereocenters. The number of hydrogen-bond donors (Lipinski definition) is 1. The standard InChI is InChI=1S/C14H19N3O/c1-11-13(8-15-2)9-16-17(11)10-12-5-4-6-14(7-12)18-3/h4-7,9,15H,8,10H2,1-3H3. The summed E-state index contributed by atoms with van der Waals surface area (Å²) in [6.45, 7) is 3.72. The highest BCUT2D eigenvalue weighted by Gasteiger charge is 2.06. The zero-order valence-electron chi connectivity index (χ0n) is 11.1. The van der Waals surface area contributed by atoms with Gasteiger partial charge in [-0.1, -0.05) is 12.1 Å². The summed E-state index contributed by atoms with van der Waals surface area (Å²) in [4.78, 5) is 0. The first-order valence-electron chi connectivity index (χ1n) is 6.03. The van der Waals surface area contributed by atoms with Gasteiger partial charge in [0.15, 0.2) is 0 Å². The highest BCUT2D eigenvalue weighted by atomic mass is 16.5. The van der Waals surface area contributed by atoms with Crippen LogP contribution in [0, 0.1) is 6.92 Å². The van der Waals surface area contributed by atoms with Gasteiger partial charge < -0.3 is 10.1 Å². The fraction of sp³-hybridized carbons (Fsp3) is 0.357. The summed E-state index contributed by atoms with van der Waals surface area (Å²) in [5.41, 5.74) is 3.63. The van der Waals surface area contributed by atoms with Gasteiger partial charge in [-0.2, -0.15) is 5.10 Å². The van der Waals surface area contributed by atoms with Gasteiger partial charge in [0.2, 0.25) is 0 Å². The van der Waals surface area contributed by atoms with Crippen LogP contribution in [-0.2, 0) is 13.1 Å². The summed E-state index contributed by atoms with van der Waals surface area (Å²) in [7, 11) is 3.63. The van der Waals surface area contributed by atoms with Gasteiger partial charge in [0, 0.05) is 17.8 Å². The minimum atomic E-state index is 0.771. The van der Waals surface area contributed by atoms with Gasteiger partial charge in [-0.05, 0) is 31.7 Å². The Morgan fingerprint density at radius 2 is 2.22 bits per heavy atom. The largest absolute Gasteiger partial charge is 0.497 e. The normalized spacial score (nSPS) is 10.6. The molecule has 0 spiro atoms. The zero-order chi connectivity index (χ0) is 13.0. The molecule has 0 aliphatic carbocycles. The average molecular weight is 245 g/mol. The number of rotatable bonds is 5. The van der Waals surface area contributed by atoms with Gasteiger partial charge >= 0.3 is 0 Å². The minimum Gasteiger partial charge on any atom is -0.497 e. The molecule has 1 aromatic carbocycles. The van der Waals surface area contributed by atoms with Crippen LogP contribution in [-0.4, -0.2) is 23.9 Å². The lowest BCUT2D eigenvalue weighted by Crippen LogP contribution is -2.08. The van der Waals surface area contributed by atoms with E-state index in [0.29, 0.717) is 0 Å². The molecule has 0 saturated carbocycles. The fourth-order valence-electron chi connectivity index (χ4n) is 1.95. The number of aromatic nitrogens is 2. The Kier molecular flexibility index (Phi) is 3.99. The van der Waals surface area contributed by atoms with Crippen LogP contribution >= 0.6 is 0 Å². The molecule has 18 heavy (non-hydrogen) atoms. The number of methoxy groups -OCH3 is 1. The van der Waals surface area contributed by atoms with E-state index in [2.05, 4.69) is 23.4 Å². The Bertz CT molecular complexity index is 520. The maximum atomic E-state index is 5.23. The predicted molar refractivity (Wildman–Crippen MR) is 71.8 cm³/mol. The third-order valence-corrected chi connectivity index (χ3v) is 3.04. The van der Waals surface area contributed by atoms with Crippen LogP contribution in [0.2, 0.25) is 0 Å². The molecule has 2 aromatic rings. The van der Waals surface area contributed by atoms with Crippen LogP contribution in [0.5, 0.6) is 5.75 Å². The lowest BCUT2D eigenvalue weighted by molar-refractivity contribution is 0.414. The number of ether oxygens (including phenoxy) is 1. The maximum Gasteiger partial charge on any atom is 0.119 e. The van der Waals surface area contributed by atoms with E-state index in [1.54, 1.807) is 7.11 Å². The molecule has 1 aromatic heterocycles. The molecule has 1 N–H and O–H groups in total. The third-order valence-electron chi connectivity index (χ3n) is 3.04. The summed E-state index contributed by atoms with van der Waals surface area (Å²) >= 11 is 0. The zero-order valence-corrected chi connectivity index (χ0v) is 11.1. The van der Waals surface area contributed by atoms with Crippen molar-refractivity contribution in [3.63, 3.8) is 0 Å². The van der Waals surface area contributed by atoms with E-state index in [-0.39, 0.29) is 0 Å². The first kappa shape index (κ1) is 12.6. The second-order valence-electron chi connectivity index (χ2n) is 4.29. The van der Waals surface area contributed by atoms with Gasteiger partial charge in [-0.25, -0.2) is 0 Å². The Morgan fingerprint density at radius 3 is 2.94 bits per heavy atom. The first-order chi connectivity index (χ1) is 8.74. The van der Waals surface area contributed by atoms with Crippen LogP contribution < -0.4 is 10.1 Å². The van der Waals surface area contributed by atoms with Crippen molar-refractivity contribution < 1.29 is 4.74 Å². The lowest BCUT2D eigenvalue weighted by Gasteiger charge is -2.07. The number of nitrogens with zero attached hydrogens (tertiary/aromatic N) is 2. The minimum absolute atomic E-state index is 0.771. The van der Waals surface area contributed by atoms with Crippen LogP contribution in [0.3, 0.4) is 0 Å². The fourth-order valence-corrected chi connectivity index (χ4v) is 1.95. The van der Waals surface area contributed by atoms with Crippen molar-refractivity contribution >= 4 is 0 Å². The van der Waals surface area contributed by atoms with E-state index < -0.39 is 0 Å². The lowest BCUT2D eigenvalue weighted by atomic mass is 10.2. The van der Waals surface area contributed by atoms with Gasteiger partial charge in [0.25, 0.3) is 0 Å². The second kappa shape index (κ2) is 5.69. The van der Waals surface area contributed by atoms with Gasteiger partial charge in [-0.3, -0.25) is 4.68 Å². The molecular weight excluding hydrogens is 226 g/mol. The molecule has 0 atom stereocenters. The van der Waals surface area contributed by atoms with Crippen molar-refractivity contribution in [2.45, 2.75) is 20.0 Å². The molecule has 96 valence electrons. The highest BCUT2D eigenvalue weighted by molar-refractivity contribution is 5.29. The molecule has 0 saturated heterocycles. The molecule has 0 bridgehead atoms. The van der Waals surface area contributed by atoms with Crippen LogP contribution in [0.25, 0.3) is 0 Å². The molecule has 0 fully saturated rings. The number of nitrogens with one attached hydrogen (secondary N) is 1.